The lowest BCUT2D eigenvalue weighted by atomic mass is 10.0. The Morgan fingerprint density at radius 3 is 1.30 bits per heavy atom. The second kappa shape index (κ2) is 49.8. The Morgan fingerprint density at radius 2 is 0.859 bits per heavy atom. The fraction of sp³-hybridized carbons (Fsp3) is 0.552. The number of esters is 1. The van der Waals surface area contributed by atoms with Gasteiger partial charge in [-0.05, 0) is 57.8 Å². The number of ether oxygens (including phenoxy) is 1. The summed E-state index contributed by atoms with van der Waals surface area (Å²) in [5.74, 6) is -0.618. The minimum atomic E-state index is -0.826. The third-order valence-electron chi connectivity index (χ3n) is 10.5. The SMILES string of the molecule is CC\C=C/C=C/C=C/C=C\C=C\C=C\CCCCCC(=O)OC(CCC/C=C/C=C/C=C\C=C\C=C\C=C/CC)CC(=O)NC(CO)C(O)CCCCCCCCCCCCCCC. The Balaban J connectivity index is 4.87. The van der Waals surface area contributed by atoms with Crippen molar-refractivity contribution in [1.29, 1.82) is 0 Å². The van der Waals surface area contributed by atoms with Gasteiger partial charge in [0.2, 0.25) is 5.91 Å². The lowest BCUT2D eigenvalue weighted by Gasteiger charge is -2.24. The number of rotatable bonds is 42. The first kappa shape index (κ1) is 59.7. The number of carbonyl (C=O) groups excluding carboxylic acids is 2. The normalized spacial score (nSPS) is 14.5. The van der Waals surface area contributed by atoms with Crippen molar-refractivity contribution < 1.29 is 24.5 Å². The molecule has 0 aliphatic heterocycles. The number of hydrogen-bond donors (Lipinski definition) is 3. The van der Waals surface area contributed by atoms with Gasteiger partial charge in [0.05, 0.1) is 25.2 Å². The van der Waals surface area contributed by atoms with Crippen LogP contribution in [0.5, 0.6) is 0 Å². The summed E-state index contributed by atoms with van der Waals surface area (Å²) in [6, 6.07) is -0.747. The molecule has 358 valence electrons. The van der Waals surface area contributed by atoms with Crippen molar-refractivity contribution >= 4 is 11.9 Å². The summed E-state index contributed by atoms with van der Waals surface area (Å²) in [7, 11) is 0. The van der Waals surface area contributed by atoms with Crippen molar-refractivity contribution in [3.63, 3.8) is 0 Å². The average molecular weight is 882 g/mol. The monoisotopic (exact) mass is 882 g/mol. The second-order valence-corrected chi connectivity index (χ2v) is 16.4. The highest BCUT2D eigenvalue weighted by Crippen LogP contribution is 2.16. The number of unbranched alkanes of at least 4 members (excludes halogenated alkanes) is 16. The van der Waals surface area contributed by atoms with Crippen LogP contribution >= 0.6 is 0 Å². The van der Waals surface area contributed by atoms with Gasteiger partial charge in [0.1, 0.15) is 6.10 Å². The van der Waals surface area contributed by atoms with Crippen molar-refractivity contribution in [2.45, 2.75) is 200 Å². The van der Waals surface area contributed by atoms with Gasteiger partial charge in [0.25, 0.3) is 0 Å². The summed E-state index contributed by atoms with van der Waals surface area (Å²) in [4.78, 5) is 26.1. The Kier molecular flexibility index (Phi) is 46.4. The Hall–Kier alpha value is -4.26. The fourth-order valence-corrected chi connectivity index (χ4v) is 6.73. The van der Waals surface area contributed by atoms with Crippen molar-refractivity contribution in [2.24, 2.45) is 0 Å². The molecule has 6 heteroatoms. The molecule has 0 rings (SSSR count). The standard InChI is InChI=1S/C58H91NO5/c1-4-7-10-13-16-19-22-25-27-28-30-33-36-39-42-45-48-51-58(63)64-54(49-46-43-40-37-34-32-29-26-23-20-17-14-11-8-5-2)52-57(62)59-55(53-60)56(61)50-47-44-41-38-35-31-24-21-18-15-12-9-6-3/h7-8,10-11,13-14,16-17,19-20,22-23,25-30,32-34,36-37,40,54-56,60-61H,4-6,9,12,15,18,21,24,31,35,38-39,41-53H2,1-3H3,(H,59,62)/b10-7-,11-8-,16-13+,17-14+,22-19+,23-20+,27-25-,29-26-,30-28+,34-32+,36-33+,40-37+. The third-order valence-corrected chi connectivity index (χ3v) is 10.5. The van der Waals surface area contributed by atoms with E-state index in [1.54, 1.807) is 0 Å². The van der Waals surface area contributed by atoms with Gasteiger partial charge in [-0.3, -0.25) is 9.59 Å². The molecule has 0 bridgehead atoms. The number of carbonyl (C=O) groups is 2. The molecule has 0 heterocycles. The molecular weight excluding hydrogens is 791 g/mol. The van der Waals surface area contributed by atoms with Crippen LogP contribution in [0.3, 0.4) is 0 Å². The number of aliphatic hydroxyl groups excluding tert-OH is 2. The van der Waals surface area contributed by atoms with Gasteiger partial charge in [-0.1, -0.05) is 256 Å². The first-order chi connectivity index (χ1) is 31.5. The average Bonchev–Trinajstić information content (AvgIpc) is 3.29. The minimum absolute atomic E-state index is 0.00279. The first-order valence-corrected chi connectivity index (χ1v) is 25.2. The third kappa shape index (κ3) is 44.4. The first-order valence-electron chi connectivity index (χ1n) is 25.2. The molecule has 0 saturated carbocycles. The van der Waals surface area contributed by atoms with E-state index in [4.69, 9.17) is 4.74 Å². The maximum atomic E-state index is 13.2. The van der Waals surface area contributed by atoms with Gasteiger partial charge >= 0.3 is 5.97 Å². The number of aliphatic hydroxyl groups is 2. The van der Waals surface area contributed by atoms with E-state index < -0.39 is 18.2 Å². The van der Waals surface area contributed by atoms with Crippen LogP contribution in [0.1, 0.15) is 181 Å². The molecule has 1 amide bonds. The molecule has 0 aromatic carbocycles. The van der Waals surface area contributed by atoms with E-state index in [9.17, 15) is 19.8 Å². The topological polar surface area (TPSA) is 95.9 Å². The Labute approximate surface area is 392 Å². The predicted molar refractivity (Wildman–Crippen MR) is 277 cm³/mol. The van der Waals surface area contributed by atoms with Crippen LogP contribution in [0.2, 0.25) is 0 Å². The predicted octanol–water partition coefficient (Wildman–Crippen LogP) is 15.2. The maximum Gasteiger partial charge on any atom is 0.306 e. The summed E-state index contributed by atoms with van der Waals surface area (Å²) >= 11 is 0. The lowest BCUT2D eigenvalue weighted by Crippen LogP contribution is -2.46. The fourth-order valence-electron chi connectivity index (χ4n) is 6.73. The van der Waals surface area contributed by atoms with Gasteiger partial charge in [0.15, 0.2) is 0 Å². The molecule has 3 unspecified atom stereocenters. The molecule has 0 spiro atoms. The van der Waals surface area contributed by atoms with Crippen molar-refractivity contribution in [3.8, 4) is 0 Å². The molecule has 3 N–H and O–H groups in total. The van der Waals surface area contributed by atoms with Crippen LogP contribution in [0.15, 0.2) is 146 Å². The van der Waals surface area contributed by atoms with Crippen molar-refractivity contribution in [3.05, 3.63) is 146 Å². The molecule has 0 fully saturated rings. The van der Waals surface area contributed by atoms with Crippen LogP contribution in [0.25, 0.3) is 0 Å². The van der Waals surface area contributed by atoms with Gasteiger partial charge < -0.3 is 20.3 Å². The van der Waals surface area contributed by atoms with E-state index in [1.165, 1.54) is 64.2 Å². The molecule has 0 aromatic heterocycles. The quantitative estimate of drug-likeness (QED) is 0.0322. The molecular formula is C58H91NO5. The lowest BCUT2D eigenvalue weighted by molar-refractivity contribution is -0.151. The van der Waals surface area contributed by atoms with Crippen LogP contribution in [0, 0.1) is 0 Å². The highest BCUT2D eigenvalue weighted by molar-refractivity contribution is 5.77. The number of amides is 1. The largest absolute Gasteiger partial charge is 0.462 e. The Morgan fingerprint density at radius 1 is 0.469 bits per heavy atom. The summed E-state index contributed by atoms with van der Waals surface area (Å²) in [5.41, 5.74) is 0. The molecule has 0 radical (unpaired) electrons. The van der Waals surface area contributed by atoms with E-state index >= 15 is 0 Å². The summed E-state index contributed by atoms with van der Waals surface area (Å²) in [5, 5.41) is 23.7. The van der Waals surface area contributed by atoms with Crippen LogP contribution in [-0.4, -0.2) is 46.9 Å². The molecule has 3 atom stereocenters. The smallest absolute Gasteiger partial charge is 0.306 e. The van der Waals surface area contributed by atoms with Gasteiger partial charge in [-0.25, -0.2) is 0 Å². The van der Waals surface area contributed by atoms with E-state index in [0.29, 0.717) is 19.3 Å². The van der Waals surface area contributed by atoms with E-state index in [2.05, 4.69) is 50.4 Å². The Bertz CT molecular complexity index is 1450. The van der Waals surface area contributed by atoms with Crippen LogP contribution < -0.4 is 5.32 Å². The highest BCUT2D eigenvalue weighted by atomic mass is 16.5. The number of allylic oxidation sites excluding steroid dienone is 24. The van der Waals surface area contributed by atoms with E-state index in [1.807, 2.05) is 122 Å². The van der Waals surface area contributed by atoms with Crippen LogP contribution in [-0.2, 0) is 14.3 Å². The second-order valence-electron chi connectivity index (χ2n) is 16.4. The summed E-state index contributed by atoms with van der Waals surface area (Å²) in [6.07, 6.45) is 71.8. The zero-order valence-corrected chi connectivity index (χ0v) is 40.6. The van der Waals surface area contributed by atoms with E-state index in [0.717, 1.165) is 70.6 Å². The maximum absolute atomic E-state index is 13.2. The van der Waals surface area contributed by atoms with Crippen molar-refractivity contribution in [1.82, 2.24) is 5.32 Å². The summed E-state index contributed by atoms with van der Waals surface area (Å²) < 4.78 is 5.87. The number of nitrogens with one attached hydrogen (secondary N) is 1. The molecule has 0 aromatic rings. The highest BCUT2D eigenvalue weighted by Gasteiger charge is 2.24. The number of hydrogen-bond acceptors (Lipinski definition) is 5. The van der Waals surface area contributed by atoms with Gasteiger partial charge in [0, 0.05) is 6.42 Å². The van der Waals surface area contributed by atoms with Gasteiger partial charge in [-0.15, -0.1) is 0 Å². The van der Waals surface area contributed by atoms with E-state index in [-0.39, 0.29) is 24.9 Å². The zero-order valence-electron chi connectivity index (χ0n) is 40.6. The molecule has 0 aliphatic rings. The zero-order chi connectivity index (χ0) is 46.7. The molecule has 0 aliphatic carbocycles. The molecule has 64 heavy (non-hydrogen) atoms. The minimum Gasteiger partial charge on any atom is -0.462 e. The molecule has 6 nitrogen and oxygen atoms in total. The molecule has 0 saturated heterocycles. The van der Waals surface area contributed by atoms with Crippen LogP contribution in [0.4, 0.5) is 0 Å². The van der Waals surface area contributed by atoms with Crippen molar-refractivity contribution in [2.75, 3.05) is 6.61 Å². The summed E-state index contributed by atoms with van der Waals surface area (Å²) in [6.45, 7) is 6.14. The van der Waals surface area contributed by atoms with Gasteiger partial charge in [-0.2, -0.15) is 0 Å².